The summed E-state index contributed by atoms with van der Waals surface area (Å²) in [6, 6.07) is 21.3. The van der Waals surface area contributed by atoms with Crippen LogP contribution in [0.15, 0.2) is 72.8 Å². The Morgan fingerprint density at radius 3 is 2.61 bits per heavy atom. The number of nitrogens with one attached hydrogen (secondary N) is 1. The van der Waals surface area contributed by atoms with Crippen LogP contribution in [0, 0.1) is 0 Å². The van der Waals surface area contributed by atoms with E-state index in [-0.39, 0.29) is 18.4 Å². The second kappa shape index (κ2) is 9.21. The molecule has 2 amide bonds. The summed E-state index contributed by atoms with van der Waals surface area (Å²) in [7, 11) is 1.57. The van der Waals surface area contributed by atoms with Crippen molar-refractivity contribution in [3.63, 3.8) is 0 Å². The molecule has 0 aliphatic carbocycles. The van der Waals surface area contributed by atoms with Gasteiger partial charge in [-0.3, -0.25) is 9.59 Å². The lowest BCUT2D eigenvalue weighted by atomic mass is 10.1. The van der Waals surface area contributed by atoms with Gasteiger partial charge in [-0.1, -0.05) is 18.2 Å². The quantitative estimate of drug-likeness (QED) is 0.660. The Bertz CT molecular complexity index is 1080. The Hall–Kier alpha value is -4.00. The zero-order valence-corrected chi connectivity index (χ0v) is 17.0. The minimum Gasteiger partial charge on any atom is -0.497 e. The lowest BCUT2D eigenvalue weighted by Gasteiger charge is -2.29. The van der Waals surface area contributed by atoms with Gasteiger partial charge in [0.05, 0.1) is 19.3 Å². The van der Waals surface area contributed by atoms with Gasteiger partial charge in [-0.25, -0.2) is 0 Å². The molecular formula is C24H22N2O5. The maximum Gasteiger partial charge on any atom is 0.262 e. The first kappa shape index (κ1) is 20.3. The molecule has 1 N–H and O–H groups in total. The van der Waals surface area contributed by atoms with Crippen LogP contribution in [0.1, 0.15) is 10.4 Å². The molecule has 7 nitrogen and oxygen atoms in total. The zero-order chi connectivity index (χ0) is 21.6. The SMILES string of the molecule is COc1cccc(NC(=O)COc2ccc(C(=O)N3CCOc4ccccc43)cc2)c1. The van der Waals surface area contributed by atoms with Crippen molar-refractivity contribution in [2.75, 3.05) is 37.1 Å². The van der Waals surface area contributed by atoms with E-state index in [4.69, 9.17) is 14.2 Å². The number of methoxy groups -OCH3 is 1. The maximum atomic E-state index is 13.0. The van der Waals surface area contributed by atoms with Crippen LogP contribution in [0.4, 0.5) is 11.4 Å². The summed E-state index contributed by atoms with van der Waals surface area (Å²) in [6.07, 6.45) is 0. The topological polar surface area (TPSA) is 77.1 Å². The van der Waals surface area contributed by atoms with Gasteiger partial charge in [0.1, 0.15) is 23.9 Å². The summed E-state index contributed by atoms with van der Waals surface area (Å²) >= 11 is 0. The number of anilines is 2. The number of para-hydroxylation sites is 2. The lowest BCUT2D eigenvalue weighted by Crippen LogP contribution is -2.37. The van der Waals surface area contributed by atoms with Gasteiger partial charge in [0.15, 0.2) is 6.61 Å². The molecule has 0 fully saturated rings. The van der Waals surface area contributed by atoms with E-state index in [1.807, 2.05) is 24.3 Å². The zero-order valence-electron chi connectivity index (χ0n) is 17.0. The van der Waals surface area contributed by atoms with E-state index in [2.05, 4.69) is 5.32 Å². The molecule has 7 heteroatoms. The molecule has 1 aliphatic heterocycles. The fourth-order valence-electron chi connectivity index (χ4n) is 3.28. The van der Waals surface area contributed by atoms with Gasteiger partial charge < -0.3 is 24.4 Å². The first-order valence-electron chi connectivity index (χ1n) is 9.84. The fraction of sp³-hybridized carbons (Fsp3) is 0.167. The van der Waals surface area contributed by atoms with E-state index in [0.717, 1.165) is 5.69 Å². The molecule has 0 unspecified atom stereocenters. The molecule has 0 radical (unpaired) electrons. The third kappa shape index (κ3) is 4.78. The van der Waals surface area contributed by atoms with E-state index >= 15 is 0 Å². The van der Waals surface area contributed by atoms with Crippen LogP contribution in [0.25, 0.3) is 0 Å². The highest BCUT2D eigenvalue weighted by molar-refractivity contribution is 6.07. The van der Waals surface area contributed by atoms with Crippen LogP contribution < -0.4 is 24.4 Å². The molecule has 1 aliphatic rings. The number of hydrogen-bond donors (Lipinski definition) is 1. The first-order chi connectivity index (χ1) is 15.1. The number of amides is 2. The molecule has 158 valence electrons. The highest BCUT2D eigenvalue weighted by Gasteiger charge is 2.24. The van der Waals surface area contributed by atoms with Crippen molar-refractivity contribution in [3.8, 4) is 17.2 Å². The molecule has 0 saturated carbocycles. The lowest BCUT2D eigenvalue weighted by molar-refractivity contribution is -0.118. The van der Waals surface area contributed by atoms with Crippen molar-refractivity contribution in [1.82, 2.24) is 0 Å². The number of nitrogens with zero attached hydrogens (tertiary/aromatic N) is 1. The molecule has 0 atom stereocenters. The number of fused-ring (bicyclic) bond motifs is 1. The van der Waals surface area contributed by atoms with Gasteiger partial charge in [0.25, 0.3) is 11.8 Å². The predicted molar refractivity (Wildman–Crippen MR) is 117 cm³/mol. The smallest absolute Gasteiger partial charge is 0.262 e. The Morgan fingerprint density at radius 2 is 1.81 bits per heavy atom. The number of rotatable bonds is 6. The average Bonchev–Trinajstić information content (AvgIpc) is 2.82. The van der Waals surface area contributed by atoms with Crippen molar-refractivity contribution < 1.29 is 23.8 Å². The molecule has 1 heterocycles. The average molecular weight is 418 g/mol. The standard InChI is InChI=1S/C24H22N2O5/c1-29-20-6-4-5-18(15-20)25-23(27)16-31-19-11-9-17(10-12-19)24(28)26-13-14-30-22-8-3-2-7-21(22)26/h2-12,15H,13-14,16H2,1H3,(H,25,27). The number of carbonyl (C=O) groups excluding carboxylic acids is 2. The Balaban J connectivity index is 1.35. The van der Waals surface area contributed by atoms with Crippen LogP contribution in [-0.2, 0) is 4.79 Å². The third-order valence-electron chi connectivity index (χ3n) is 4.80. The summed E-state index contributed by atoms with van der Waals surface area (Å²) in [5, 5.41) is 2.75. The number of benzene rings is 3. The molecule has 4 rings (SSSR count). The minimum absolute atomic E-state index is 0.113. The molecule has 3 aromatic carbocycles. The number of carbonyl (C=O) groups is 2. The Kier molecular flexibility index (Phi) is 6.03. The molecule has 0 aromatic heterocycles. The van der Waals surface area contributed by atoms with Gasteiger partial charge in [0.2, 0.25) is 0 Å². The monoisotopic (exact) mass is 418 g/mol. The van der Waals surface area contributed by atoms with Gasteiger partial charge in [-0.05, 0) is 48.5 Å². The van der Waals surface area contributed by atoms with E-state index in [1.54, 1.807) is 60.5 Å². The van der Waals surface area contributed by atoms with Crippen LogP contribution in [0.5, 0.6) is 17.2 Å². The molecule has 0 bridgehead atoms. The van der Waals surface area contributed by atoms with Gasteiger partial charge in [-0.2, -0.15) is 0 Å². The predicted octanol–water partition coefficient (Wildman–Crippen LogP) is 3.75. The molecule has 3 aromatic rings. The van der Waals surface area contributed by atoms with E-state index < -0.39 is 0 Å². The first-order valence-corrected chi connectivity index (χ1v) is 9.84. The summed E-state index contributed by atoms with van der Waals surface area (Å²) in [5.41, 5.74) is 1.91. The summed E-state index contributed by atoms with van der Waals surface area (Å²) in [6.45, 7) is 0.784. The van der Waals surface area contributed by atoms with Crippen LogP contribution in [0.3, 0.4) is 0 Å². The van der Waals surface area contributed by atoms with E-state index in [1.165, 1.54) is 0 Å². The van der Waals surface area contributed by atoms with E-state index in [0.29, 0.717) is 41.7 Å². The van der Waals surface area contributed by atoms with Crippen molar-refractivity contribution >= 4 is 23.2 Å². The summed E-state index contributed by atoms with van der Waals surface area (Å²) < 4.78 is 16.3. The maximum absolute atomic E-state index is 13.0. The summed E-state index contributed by atoms with van der Waals surface area (Å²) in [5.74, 6) is 1.45. The second-order valence-corrected chi connectivity index (χ2v) is 6.87. The fourth-order valence-corrected chi connectivity index (χ4v) is 3.28. The van der Waals surface area contributed by atoms with Gasteiger partial charge in [0, 0.05) is 17.3 Å². The van der Waals surface area contributed by atoms with E-state index in [9.17, 15) is 9.59 Å². The molecule has 0 spiro atoms. The van der Waals surface area contributed by atoms with Crippen molar-refractivity contribution in [3.05, 3.63) is 78.4 Å². The molecular weight excluding hydrogens is 396 g/mol. The second-order valence-electron chi connectivity index (χ2n) is 6.87. The van der Waals surface area contributed by atoms with Crippen molar-refractivity contribution in [1.29, 1.82) is 0 Å². The van der Waals surface area contributed by atoms with Crippen molar-refractivity contribution in [2.24, 2.45) is 0 Å². The third-order valence-corrected chi connectivity index (χ3v) is 4.80. The minimum atomic E-state index is -0.293. The van der Waals surface area contributed by atoms with Gasteiger partial charge >= 0.3 is 0 Å². The van der Waals surface area contributed by atoms with Gasteiger partial charge in [-0.15, -0.1) is 0 Å². The molecule has 0 saturated heterocycles. The van der Waals surface area contributed by atoms with Crippen molar-refractivity contribution in [2.45, 2.75) is 0 Å². The summed E-state index contributed by atoms with van der Waals surface area (Å²) in [4.78, 5) is 26.8. The Morgan fingerprint density at radius 1 is 1.00 bits per heavy atom. The van der Waals surface area contributed by atoms with Crippen LogP contribution >= 0.6 is 0 Å². The normalized spacial score (nSPS) is 12.4. The molecule has 31 heavy (non-hydrogen) atoms. The Labute approximate surface area is 180 Å². The highest BCUT2D eigenvalue weighted by Crippen LogP contribution is 2.32. The number of hydrogen-bond acceptors (Lipinski definition) is 5. The number of ether oxygens (including phenoxy) is 3. The van der Waals surface area contributed by atoms with Crippen LogP contribution in [-0.4, -0.2) is 38.7 Å². The van der Waals surface area contributed by atoms with Crippen LogP contribution in [0.2, 0.25) is 0 Å². The highest BCUT2D eigenvalue weighted by atomic mass is 16.5. The largest absolute Gasteiger partial charge is 0.497 e.